The number of amides is 1. The van der Waals surface area contributed by atoms with Crippen LogP contribution in [0.2, 0.25) is 0 Å². The first kappa shape index (κ1) is 21.5. The maximum Gasteiger partial charge on any atom is 0.227 e. The fourth-order valence-corrected chi connectivity index (χ4v) is 5.88. The van der Waals surface area contributed by atoms with Gasteiger partial charge in [0.2, 0.25) is 5.91 Å². The molecule has 6 rings (SSSR count). The van der Waals surface area contributed by atoms with Crippen LogP contribution in [0.5, 0.6) is 0 Å². The van der Waals surface area contributed by atoms with Gasteiger partial charge in [0.25, 0.3) is 0 Å². The minimum atomic E-state index is -0.309. The van der Waals surface area contributed by atoms with Gasteiger partial charge < -0.3 is 14.3 Å². The Labute approximate surface area is 197 Å². The van der Waals surface area contributed by atoms with Gasteiger partial charge in [0.1, 0.15) is 5.82 Å². The number of likely N-dealkylation sites (tertiary alicyclic amines) is 1. The number of rotatable bonds is 6. The normalized spacial score (nSPS) is 18.6. The van der Waals surface area contributed by atoms with E-state index >= 15 is 0 Å². The van der Waals surface area contributed by atoms with E-state index in [0.717, 1.165) is 91.7 Å². The van der Waals surface area contributed by atoms with Crippen molar-refractivity contribution in [1.82, 2.24) is 10.1 Å². The summed E-state index contributed by atoms with van der Waals surface area (Å²) >= 11 is 0. The minimum Gasteiger partial charge on any atom is -0.356 e. The highest BCUT2D eigenvalue weighted by molar-refractivity contribution is 6.02. The smallest absolute Gasteiger partial charge is 0.227 e. The van der Waals surface area contributed by atoms with Crippen molar-refractivity contribution < 1.29 is 18.5 Å². The third-order valence-electron chi connectivity index (χ3n) is 7.69. The summed E-state index contributed by atoms with van der Waals surface area (Å²) < 4.78 is 18.8. The largest absolute Gasteiger partial charge is 0.356 e. The first-order valence-corrected chi connectivity index (χ1v) is 12.3. The molecule has 7 heteroatoms. The van der Waals surface area contributed by atoms with Gasteiger partial charge in [0, 0.05) is 42.3 Å². The van der Waals surface area contributed by atoms with Crippen LogP contribution in [0.3, 0.4) is 0 Å². The number of benzene rings is 2. The zero-order valence-electron chi connectivity index (χ0n) is 19.2. The highest BCUT2D eigenvalue weighted by Gasteiger charge is 2.32. The Balaban J connectivity index is 1.02. The Morgan fingerprint density at radius 3 is 2.68 bits per heavy atom. The lowest BCUT2D eigenvalue weighted by Gasteiger charge is -2.31. The highest BCUT2D eigenvalue weighted by Crippen LogP contribution is 2.38. The van der Waals surface area contributed by atoms with Gasteiger partial charge in [0.15, 0.2) is 11.4 Å². The molecule has 3 aliphatic rings. The second-order valence-electron chi connectivity index (χ2n) is 9.79. The van der Waals surface area contributed by atoms with Crippen molar-refractivity contribution in [3.05, 3.63) is 58.5 Å². The van der Waals surface area contributed by atoms with Crippen LogP contribution in [-0.2, 0) is 17.6 Å². The Kier molecular flexibility index (Phi) is 5.44. The summed E-state index contributed by atoms with van der Waals surface area (Å²) in [6.07, 6.45) is 5.48. The molecule has 3 aromatic rings. The average Bonchev–Trinajstić information content (AvgIpc) is 3.47. The number of carbonyl (C=O) groups is 2. The lowest BCUT2D eigenvalue weighted by Crippen LogP contribution is -2.34. The number of fused-ring (bicyclic) bond motifs is 1. The molecule has 0 bridgehead atoms. The molecule has 0 unspecified atom stereocenters. The van der Waals surface area contributed by atoms with Gasteiger partial charge >= 0.3 is 0 Å². The highest BCUT2D eigenvalue weighted by atomic mass is 19.1. The Bertz CT molecular complexity index is 1280. The van der Waals surface area contributed by atoms with Crippen molar-refractivity contribution in [3.63, 3.8) is 0 Å². The molecule has 1 saturated heterocycles. The van der Waals surface area contributed by atoms with Gasteiger partial charge in [-0.25, -0.2) is 4.39 Å². The predicted octanol–water partition coefficient (Wildman–Crippen LogP) is 4.64. The van der Waals surface area contributed by atoms with E-state index in [9.17, 15) is 14.0 Å². The van der Waals surface area contributed by atoms with Crippen LogP contribution in [0.25, 0.3) is 11.0 Å². The van der Waals surface area contributed by atoms with Gasteiger partial charge in [-0.1, -0.05) is 5.16 Å². The van der Waals surface area contributed by atoms with Crippen LogP contribution in [-0.4, -0.2) is 47.9 Å². The van der Waals surface area contributed by atoms with Crippen LogP contribution in [0.4, 0.5) is 10.1 Å². The average molecular weight is 462 g/mol. The van der Waals surface area contributed by atoms with Gasteiger partial charge in [-0.15, -0.1) is 0 Å². The van der Waals surface area contributed by atoms with E-state index in [2.05, 4.69) is 10.1 Å². The molecule has 3 aliphatic heterocycles. The molecule has 6 nitrogen and oxygen atoms in total. The summed E-state index contributed by atoms with van der Waals surface area (Å²) in [4.78, 5) is 29.4. The second kappa shape index (κ2) is 8.62. The maximum atomic E-state index is 13.4. The number of hydrogen-bond donors (Lipinski definition) is 0. The third-order valence-corrected chi connectivity index (χ3v) is 7.69. The SMILES string of the molecule is O=C(CCCN1CCC(c2noc3cc(F)ccc23)CC1)c1cc2c3c(c1)CCN3C(=O)CC2. The molecule has 34 heavy (non-hydrogen) atoms. The summed E-state index contributed by atoms with van der Waals surface area (Å²) in [5.74, 6) is 0.417. The molecule has 4 heterocycles. The summed E-state index contributed by atoms with van der Waals surface area (Å²) in [6.45, 7) is 3.57. The van der Waals surface area contributed by atoms with Crippen LogP contribution in [0, 0.1) is 5.82 Å². The molecule has 0 radical (unpaired) electrons. The number of aromatic nitrogens is 1. The minimum absolute atomic E-state index is 0.200. The standard InChI is InChI=1S/C27H28FN3O3/c28-21-4-5-22-24(16-21)34-29-26(22)17-7-11-30(12-8-17)10-1-2-23(32)20-14-18-3-6-25(33)31-13-9-19(15-20)27(18)31/h4-5,14-17H,1-3,6-13H2. The van der Waals surface area contributed by atoms with E-state index < -0.39 is 0 Å². The molecule has 0 atom stereocenters. The van der Waals surface area contributed by atoms with E-state index in [1.54, 1.807) is 6.07 Å². The van der Waals surface area contributed by atoms with Crippen molar-refractivity contribution >= 4 is 28.3 Å². The molecule has 0 spiro atoms. The maximum absolute atomic E-state index is 13.4. The van der Waals surface area contributed by atoms with E-state index in [0.29, 0.717) is 24.3 Å². The van der Waals surface area contributed by atoms with Crippen molar-refractivity contribution in [2.24, 2.45) is 0 Å². The molecule has 0 N–H and O–H groups in total. The lowest BCUT2D eigenvalue weighted by molar-refractivity contribution is -0.118. The lowest BCUT2D eigenvalue weighted by atomic mass is 9.91. The van der Waals surface area contributed by atoms with Gasteiger partial charge in [-0.05, 0) is 87.1 Å². The number of Topliss-reactive ketones (excluding diaryl/α,β-unsaturated/α-hetero) is 1. The Morgan fingerprint density at radius 1 is 1.06 bits per heavy atom. The molecule has 2 aromatic carbocycles. The van der Waals surface area contributed by atoms with Crippen LogP contribution >= 0.6 is 0 Å². The number of anilines is 1. The Hall–Kier alpha value is -3.06. The molecule has 0 saturated carbocycles. The summed E-state index contributed by atoms with van der Waals surface area (Å²) in [7, 11) is 0. The van der Waals surface area contributed by atoms with Crippen molar-refractivity contribution in [1.29, 1.82) is 0 Å². The van der Waals surface area contributed by atoms with E-state index in [-0.39, 0.29) is 17.5 Å². The first-order valence-electron chi connectivity index (χ1n) is 12.3. The first-order chi connectivity index (χ1) is 16.6. The van der Waals surface area contributed by atoms with Crippen molar-refractivity contribution in [2.45, 2.75) is 50.9 Å². The number of ketones is 1. The predicted molar refractivity (Wildman–Crippen MR) is 127 cm³/mol. The number of carbonyl (C=O) groups excluding carboxylic acids is 2. The van der Waals surface area contributed by atoms with E-state index in [4.69, 9.17) is 4.52 Å². The molecule has 1 aromatic heterocycles. The zero-order chi connectivity index (χ0) is 23.2. The fraction of sp³-hybridized carbons (Fsp3) is 0.444. The third kappa shape index (κ3) is 3.82. The number of halogens is 1. The summed E-state index contributed by atoms with van der Waals surface area (Å²) in [5.41, 5.74) is 5.63. The molecule has 1 fully saturated rings. The van der Waals surface area contributed by atoms with E-state index in [1.165, 1.54) is 12.1 Å². The quantitative estimate of drug-likeness (QED) is 0.500. The number of hydrogen-bond acceptors (Lipinski definition) is 5. The van der Waals surface area contributed by atoms with Crippen LogP contribution in [0.15, 0.2) is 34.9 Å². The molecule has 176 valence electrons. The molecule has 0 aliphatic carbocycles. The van der Waals surface area contributed by atoms with Crippen molar-refractivity contribution in [2.75, 3.05) is 31.1 Å². The number of nitrogens with zero attached hydrogens (tertiary/aromatic N) is 3. The summed E-state index contributed by atoms with van der Waals surface area (Å²) in [6, 6.07) is 8.64. The number of aryl methyl sites for hydroxylation is 1. The fourth-order valence-electron chi connectivity index (χ4n) is 5.88. The van der Waals surface area contributed by atoms with Crippen LogP contribution in [0.1, 0.15) is 65.2 Å². The van der Waals surface area contributed by atoms with Gasteiger partial charge in [-0.2, -0.15) is 0 Å². The van der Waals surface area contributed by atoms with E-state index in [1.807, 2.05) is 17.0 Å². The summed E-state index contributed by atoms with van der Waals surface area (Å²) in [5, 5.41) is 5.14. The second-order valence-corrected chi connectivity index (χ2v) is 9.79. The monoisotopic (exact) mass is 461 g/mol. The van der Waals surface area contributed by atoms with Gasteiger partial charge in [-0.3, -0.25) is 9.59 Å². The molecule has 1 amide bonds. The number of piperidine rings is 1. The molecular weight excluding hydrogens is 433 g/mol. The zero-order valence-corrected chi connectivity index (χ0v) is 19.2. The van der Waals surface area contributed by atoms with Gasteiger partial charge in [0.05, 0.1) is 11.4 Å². The van der Waals surface area contributed by atoms with Crippen molar-refractivity contribution in [3.8, 4) is 0 Å². The Morgan fingerprint density at radius 2 is 1.85 bits per heavy atom. The molecular formula is C27H28FN3O3. The van der Waals surface area contributed by atoms with Crippen LogP contribution < -0.4 is 4.90 Å². The topological polar surface area (TPSA) is 66.7 Å².